The predicted octanol–water partition coefficient (Wildman–Crippen LogP) is 2.41. The highest BCUT2D eigenvalue weighted by Crippen LogP contribution is 2.20. The fourth-order valence-corrected chi connectivity index (χ4v) is 2.48. The smallest absolute Gasteiger partial charge is 0.224 e. The monoisotopic (exact) mass is 334 g/mol. The average molecular weight is 335 g/mol. The van der Waals surface area contributed by atoms with E-state index in [1.54, 1.807) is 0 Å². The van der Waals surface area contributed by atoms with Gasteiger partial charge in [0.1, 0.15) is 0 Å². The lowest BCUT2D eigenvalue weighted by molar-refractivity contribution is -0.120. The fourth-order valence-electron chi connectivity index (χ4n) is 2.36. The lowest BCUT2D eigenvalue weighted by Gasteiger charge is -2.11. The van der Waals surface area contributed by atoms with Crippen molar-refractivity contribution in [1.82, 2.24) is 20.4 Å². The van der Waals surface area contributed by atoms with E-state index in [4.69, 9.17) is 11.6 Å². The Morgan fingerprint density at radius 1 is 1.30 bits per heavy atom. The fraction of sp³-hybridized carbons (Fsp3) is 0.412. The zero-order valence-electron chi connectivity index (χ0n) is 14.0. The Bertz CT molecular complexity index is 679. The molecule has 1 unspecified atom stereocenters. The van der Waals surface area contributed by atoms with Crippen molar-refractivity contribution in [3.05, 3.63) is 46.2 Å². The maximum absolute atomic E-state index is 12.1. The van der Waals surface area contributed by atoms with Gasteiger partial charge in [0, 0.05) is 28.9 Å². The van der Waals surface area contributed by atoms with Gasteiger partial charge < -0.3 is 10.6 Å². The Kier molecular flexibility index (Phi) is 5.80. The van der Waals surface area contributed by atoms with Gasteiger partial charge in [0.2, 0.25) is 5.91 Å². The minimum absolute atomic E-state index is 0.00829. The molecule has 1 heterocycles. The lowest BCUT2D eigenvalue weighted by atomic mass is 10.1. The molecule has 1 aromatic heterocycles. The number of nitrogens with one attached hydrogen (secondary N) is 2. The van der Waals surface area contributed by atoms with Gasteiger partial charge in [-0.15, -0.1) is 0 Å². The Morgan fingerprint density at radius 2 is 1.96 bits per heavy atom. The third-order valence-corrected chi connectivity index (χ3v) is 4.20. The molecular formula is C17H23ClN4O. The van der Waals surface area contributed by atoms with Crippen LogP contribution in [-0.2, 0) is 11.2 Å². The van der Waals surface area contributed by atoms with Crippen molar-refractivity contribution in [2.75, 3.05) is 13.6 Å². The van der Waals surface area contributed by atoms with Gasteiger partial charge in [-0.3, -0.25) is 4.79 Å². The number of carbonyl (C=O) groups excluding carboxylic acids is 1. The highest BCUT2D eigenvalue weighted by molar-refractivity contribution is 6.30. The van der Waals surface area contributed by atoms with E-state index in [-0.39, 0.29) is 11.9 Å². The Hall–Kier alpha value is -1.85. The molecule has 0 fully saturated rings. The second-order valence-corrected chi connectivity index (χ2v) is 6.14. The molecule has 2 N–H and O–H groups in total. The van der Waals surface area contributed by atoms with Crippen molar-refractivity contribution >= 4 is 17.5 Å². The number of benzene rings is 1. The third-order valence-electron chi connectivity index (χ3n) is 3.95. The standard InChI is InChI=1S/C17H23ClN4O/c1-11(19-4)10-20-17(23)9-16-12(2)21-22(13(16)3)15-7-5-14(18)6-8-15/h5-8,11,19H,9-10H2,1-4H3,(H,20,23). The zero-order chi connectivity index (χ0) is 17.0. The van der Waals surface area contributed by atoms with Gasteiger partial charge in [-0.1, -0.05) is 11.6 Å². The van der Waals surface area contributed by atoms with Crippen LogP contribution in [0.5, 0.6) is 0 Å². The van der Waals surface area contributed by atoms with E-state index in [2.05, 4.69) is 15.7 Å². The Balaban J connectivity index is 2.14. The van der Waals surface area contributed by atoms with Gasteiger partial charge in [0.15, 0.2) is 0 Å². The first kappa shape index (κ1) is 17.5. The van der Waals surface area contributed by atoms with Crippen molar-refractivity contribution < 1.29 is 4.79 Å². The molecule has 0 saturated carbocycles. The number of likely N-dealkylation sites (N-methyl/N-ethyl adjacent to an activating group) is 1. The lowest BCUT2D eigenvalue weighted by Crippen LogP contribution is -2.37. The Labute approximate surface area is 142 Å². The van der Waals surface area contributed by atoms with Gasteiger partial charge in [0.25, 0.3) is 0 Å². The molecule has 5 nitrogen and oxygen atoms in total. The molecule has 0 saturated heterocycles. The summed E-state index contributed by atoms with van der Waals surface area (Å²) in [6, 6.07) is 7.75. The normalized spacial score (nSPS) is 12.2. The van der Waals surface area contributed by atoms with Gasteiger partial charge in [-0.25, -0.2) is 4.68 Å². The highest BCUT2D eigenvalue weighted by Gasteiger charge is 2.16. The molecule has 23 heavy (non-hydrogen) atoms. The molecule has 0 bridgehead atoms. The summed E-state index contributed by atoms with van der Waals surface area (Å²) in [5.41, 5.74) is 3.75. The second-order valence-electron chi connectivity index (χ2n) is 5.71. The topological polar surface area (TPSA) is 58.9 Å². The van der Waals surface area contributed by atoms with E-state index in [0.717, 1.165) is 22.6 Å². The SMILES string of the molecule is CNC(C)CNC(=O)Cc1c(C)nn(-c2ccc(Cl)cc2)c1C. The summed E-state index contributed by atoms with van der Waals surface area (Å²) in [7, 11) is 1.88. The number of aryl methyl sites for hydroxylation is 1. The van der Waals surface area contributed by atoms with Crippen LogP contribution in [0.3, 0.4) is 0 Å². The van der Waals surface area contributed by atoms with E-state index < -0.39 is 0 Å². The van der Waals surface area contributed by atoms with E-state index in [1.165, 1.54) is 0 Å². The van der Waals surface area contributed by atoms with Crippen LogP contribution in [0.2, 0.25) is 5.02 Å². The molecule has 0 radical (unpaired) electrons. The number of hydrogen-bond donors (Lipinski definition) is 2. The quantitative estimate of drug-likeness (QED) is 0.853. The van der Waals surface area contributed by atoms with Gasteiger partial charge >= 0.3 is 0 Å². The molecule has 0 aliphatic carbocycles. The van der Waals surface area contributed by atoms with Crippen LogP contribution in [0.1, 0.15) is 23.9 Å². The first-order chi connectivity index (χ1) is 10.9. The molecule has 0 spiro atoms. The minimum Gasteiger partial charge on any atom is -0.354 e. The largest absolute Gasteiger partial charge is 0.354 e. The second kappa shape index (κ2) is 7.62. The van der Waals surface area contributed by atoms with E-state index in [0.29, 0.717) is 18.0 Å². The predicted molar refractivity (Wildman–Crippen MR) is 93.3 cm³/mol. The summed E-state index contributed by atoms with van der Waals surface area (Å²) >= 11 is 5.93. The highest BCUT2D eigenvalue weighted by atomic mass is 35.5. The number of hydrogen-bond acceptors (Lipinski definition) is 3. The van der Waals surface area contributed by atoms with E-state index in [1.807, 2.05) is 56.8 Å². The van der Waals surface area contributed by atoms with Crippen LogP contribution in [0.25, 0.3) is 5.69 Å². The van der Waals surface area contributed by atoms with Crippen LogP contribution in [0.4, 0.5) is 0 Å². The van der Waals surface area contributed by atoms with Crippen molar-refractivity contribution in [1.29, 1.82) is 0 Å². The van der Waals surface area contributed by atoms with Gasteiger partial charge in [-0.2, -0.15) is 5.10 Å². The van der Waals surface area contributed by atoms with Crippen LogP contribution in [0.15, 0.2) is 24.3 Å². The number of nitrogens with zero attached hydrogens (tertiary/aromatic N) is 2. The summed E-state index contributed by atoms with van der Waals surface area (Å²) in [6.07, 6.45) is 0.335. The van der Waals surface area contributed by atoms with Crippen molar-refractivity contribution in [2.45, 2.75) is 33.2 Å². The van der Waals surface area contributed by atoms with Crippen LogP contribution in [-0.4, -0.2) is 35.3 Å². The summed E-state index contributed by atoms with van der Waals surface area (Å²) in [5, 5.41) is 11.3. The zero-order valence-corrected chi connectivity index (χ0v) is 14.7. The third kappa shape index (κ3) is 4.33. The van der Waals surface area contributed by atoms with Crippen molar-refractivity contribution in [2.24, 2.45) is 0 Å². The molecule has 124 valence electrons. The maximum Gasteiger partial charge on any atom is 0.224 e. The Morgan fingerprint density at radius 3 is 2.57 bits per heavy atom. The molecule has 0 aliphatic heterocycles. The first-order valence-corrected chi connectivity index (χ1v) is 8.05. The molecular weight excluding hydrogens is 312 g/mol. The van der Waals surface area contributed by atoms with Crippen molar-refractivity contribution in [3.8, 4) is 5.69 Å². The number of halogens is 1. The number of aromatic nitrogens is 2. The van der Waals surface area contributed by atoms with Crippen LogP contribution < -0.4 is 10.6 Å². The number of carbonyl (C=O) groups is 1. The number of amides is 1. The number of rotatable bonds is 6. The van der Waals surface area contributed by atoms with Crippen LogP contribution in [0, 0.1) is 13.8 Å². The van der Waals surface area contributed by atoms with E-state index in [9.17, 15) is 4.79 Å². The average Bonchev–Trinajstić information content (AvgIpc) is 2.81. The first-order valence-electron chi connectivity index (χ1n) is 7.67. The summed E-state index contributed by atoms with van der Waals surface area (Å²) in [6.45, 7) is 6.54. The minimum atomic E-state index is 0.00829. The van der Waals surface area contributed by atoms with Gasteiger partial charge in [0.05, 0.1) is 17.8 Å². The molecule has 2 aromatic rings. The van der Waals surface area contributed by atoms with Crippen LogP contribution >= 0.6 is 11.6 Å². The van der Waals surface area contributed by atoms with Crippen molar-refractivity contribution in [3.63, 3.8) is 0 Å². The van der Waals surface area contributed by atoms with E-state index >= 15 is 0 Å². The molecule has 0 aliphatic rings. The summed E-state index contributed by atoms with van der Waals surface area (Å²) in [5.74, 6) is 0.00829. The molecule has 1 amide bonds. The van der Waals surface area contributed by atoms with Gasteiger partial charge in [-0.05, 0) is 52.1 Å². The molecule has 6 heteroatoms. The maximum atomic E-state index is 12.1. The molecule has 1 atom stereocenters. The molecule has 1 aromatic carbocycles. The molecule has 2 rings (SSSR count). The summed E-state index contributed by atoms with van der Waals surface area (Å²) < 4.78 is 1.85. The summed E-state index contributed by atoms with van der Waals surface area (Å²) in [4.78, 5) is 12.1.